The number of carboxylic acid groups (broad SMARTS) is 1. The monoisotopic (exact) mass is 251 g/mol. The minimum Gasteiger partial charge on any atom is -0.478 e. The number of aromatic carboxylic acids is 1. The molecule has 0 aliphatic heterocycles. The number of hydrogen-bond acceptors (Lipinski definition) is 3. The number of hydrogen-bond donors (Lipinski definition) is 2. The van der Waals surface area contributed by atoms with Crippen LogP contribution in [0.4, 0.5) is 0 Å². The predicted molar refractivity (Wildman–Crippen MR) is 66.8 cm³/mol. The van der Waals surface area contributed by atoms with Gasteiger partial charge in [0, 0.05) is 12.7 Å². The average Bonchev–Trinajstić information content (AvgIpc) is 2.28. The van der Waals surface area contributed by atoms with Crippen molar-refractivity contribution in [2.45, 2.75) is 19.4 Å². The second kappa shape index (κ2) is 5.64. The van der Waals surface area contributed by atoms with Crippen molar-refractivity contribution in [1.29, 1.82) is 0 Å². The Morgan fingerprint density at radius 1 is 1.22 bits per heavy atom. The number of nitrogens with one attached hydrogen (secondary N) is 1. The zero-order valence-corrected chi connectivity index (χ0v) is 10.7. The second-order valence-corrected chi connectivity index (χ2v) is 4.65. The molecule has 18 heavy (non-hydrogen) atoms. The van der Waals surface area contributed by atoms with Gasteiger partial charge in [-0.2, -0.15) is 0 Å². The first kappa shape index (κ1) is 14.2. The maximum absolute atomic E-state index is 11.9. The van der Waals surface area contributed by atoms with E-state index in [1.54, 1.807) is 7.11 Å². The molecule has 0 saturated carbocycles. The Morgan fingerprint density at radius 3 is 2.17 bits per heavy atom. The van der Waals surface area contributed by atoms with Gasteiger partial charge in [0.25, 0.3) is 5.91 Å². The third kappa shape index (κ3) is 3.85. The summed E-state index contributed by atoms with van der Waals surface area (Å²) >= 11 is 0. The fraction of sp³-hybridized carbons (Fsp3) is 0.385. The van der Waals surface area contributed by atoms with Crippen LogP contribution in [0.25, 0.3) is 0 Å². The molecule has 0 atom stereocenters. The van der Waals surface area contributed by atoms with E-state index in [4.69, 9.17) is 9.84 Å². The third-order valence-corrected chi connectivity index (χ3v) is 2.35. The van der Waals surface area contributed by atoms with Crippen molar-refractivity contribution in [2.24, 2.45) is 0 Å². The second-order valence-electron chi connectivity index (χ2n) is 4.65. The summed E-state index contributed by atoms with van der Waals surface area (Å²) in [6.07, 6.45) is 0. The highest BCUT2D eigenvalue weighted by molar-refractivity contribution is 5.96. The molecule has 2 N–H and O–H groups in total. The lowest BCUT2D eigenvalue weighted by Crippen LogP contribution is -2.46. The Balaban J connectivity index is 2.76. The summed E-state index contributed by atoms with van der Waals surface area (Å²) in [5.41, 5.74) is 0.101. The summed E-state index contributed by atoms with van der Waals surface area (Å²) in [7, 11) is 1.57. The van der Waals surface area contributed by atoms with E-state index in [-0.39, 0.29) is 11.5 Å². The molecule has 5 nitrogen and oxygen atoms in total. The molecule has 98 valence electrons. The quantitative estimate of drug-likeness (QED) is 0.832. The molecule has 1 amide bonds. The molecular formula is C13H17NO4. The van der Waals surface area contributed by atoms with Crippen LogP contribution in [0.5, 0.6) is 0 Å². The van der Waals surface area contributed by atoms with Crippen LogP contribution in [0, 0.1) is 0 Å². The first-order chi connectivity index (χ1) is 8.35. The summed E-state index contributed by atoms with van der Waals surface area (Å²) in [5.74, 6) is -1.27. The van der Waals surface area contributed by atoms with Crippen molar-refractivity contribution in [3.05, 3.63) is 35.4 Å². The van der Waals surface area contributed by atoms with Crippen molar-refractivity contribution in [3.63, 3.8) is 0 Å². The smallest absolute Gasteiger partial charge is 0.335 e. The molecule has 0 aromatic heterocycles. The Bertz CT molecular complexity index is 437. The van der Waals surface area contributed by atoms with E-state index in [0.29, 0.717) is 12.2 Å². The summed E-state index contributed by atoms with van der Waals surface area (Å²) in [5, 5.41) is 11.6. The molecule has 0 aliphatic carbocycles. The van der Waals surface area contributed by atoms with Gasteiger partial charge in [0.2, 0.25) is 0 Å². The largest absolute Gasteiger partial charge is 0.478 e. The molecule has 0 saturated heterocycles. The van der Waals surface area contributed by atoms with E-state index in [1.807, 2.05) is 13.8 Å². The lowest BCUT2D eigenvalue weighted by molar-refractivity contribution is 0.0695. The molecule has 1 aromatic carbocycles. The number of amides is 1. The number of carbonyl (C=O) groups is 2. The summed E-state index contributed by atoms with van der Waals surface area (Å²) in [4.78, 5) is 22.6. The molecular weight excluding hydrogens is 234 g/mol. The van der Waals surface area contributed by atoms with Crippen molar-refractivity contribution in [2.75, 3.05) is 13.7 Å². The van der Waals surface area contributed by atoms with Gasteiger partial charge in [0.15, 0.2) is 0 Å². The van der Waals surface area contributed by atoms with Crippen LogP contribution in [0.1, 0.15) is 34.6 Å². The molecule has 0 bridgehead atoms. The third-order valence-electron chi connectivity index (χ3n) is 2.35. The number of ether oxygens (including phenoxy) is 1. The first-order valence-electron chi connectivity index (χ1n) is 5.50. The van der Waals surface area contributed by atoms with Gasteiger partial charge in [-0.15, -0.1) is 0 Å². The number of benzene rings is 1. The van der Waals surface area contributed by atoms with Crippen molar-refractivity contribution >= 4 is 11.9 Å². The van der Waals surface area contributed by atoms with Gasteiger partial charge in [-0.25, -0.2) is 4.79 Å². The minimum absolute atomic E-state index is 0.155. The molecule has 0 unspecified atom stereocenters. The highest BCUT2D eigenvalue weighted by Crippen LogP contribution is 2.08. The van der Waals surface area contributed by atoms with Gasteiger partial charge in [-0.1, -0.05) is 0 Å². The molecule has 0 radical (unpaired) electrons. The molecule has 1 rings (SSSR count). The fourth-order valence-corrected chi connectivity index (χ4v) is 1.54. The standard InChI is InChI=1S/C13H17NO4/c1-13(2,8-18-3)14-11(15)9-4-6-10(7-5-9)12(16)17/h4-7H,8H2,1-3H3,(H,14,15)(H,16,17). The number of rotatable bonds is 5. The highest BCUT2D eigenvalue weighted by atomic mass is 16.5. The first-order valence-corrected chi connectivity index (χ1v) is 5.50. The average molecular weight is 251 g/mol. The van der Waals surface area contributed by atoms with Crippen LogP contribution in [0.3, 0.4) is 0 Å². The Hall–Kier alpha value is -1.88. The lowest BCUT2D eigenvalue weighted by atomic mass is 10.1. The van der Waals surface area contributed by atoms with Crippen LogP contribution in [0.15, 0.2) is 24.3 Å². The van der Waals surface area contributed by atoms with Gasteiger partial charge in [-0.05, 0) is 38.1 Å². The molecule has 0 spiro atoms. The molecule has 0 heterocycles. The van der Waals surface area contributed by atoms with Crippen LogP contribution in [0.2, 0.25) is 0 Å². The van der Waals surface area contributed by atoms with Crippen molar-refractivity contribution in [1.82, 2.24) is 5.32 Å². The summed E-state index contributed by atoms with van der Waals surface area (Å²) in [6.45, 7) is 4.09. The van der Waals surface area contributed by atoms with Gasteiger partial charge in [-0.3, -0.25) is 4.79 Å². The lowest BCUT2D eigenvalue weighted by Gasteiger charge is -2.25. The molecule has 1 aromatic rings. The molecule has 0 aliphatic rings. The zero-order chi connectivity index (χ0) is 13.8. The van der Waals surface area contributed by atoms with E-state index in [1.165, 1.54) is 24.3 Å². The maximum Gasteiger partial charge on any atom is 0.335 e. The summed E-state index contributed by atoms with van der Waals surface area (Å²) in [6, 6.07) is 5.78. The van der Waals surface area contributed by atoms with E-state index in [9.17, 15) is 9.59 Å². The Morgan fingerprint density at radius 2 is 1.72 bits per heavy atom. The van der Waals surface area contributed by atoms with Gasteiger partial charge in [0.05, 0.1) is 17.7 Å². The number of carboxylic acids is 1. The van der Waals surface area contributed by atoms with Crippen molar-refractivity contribution in [3.8, 4) is 0 Å². The normalized spacial score (nSPS) is 11.1. The van der Waals surface area contributed by atoms with E-state index in [2.05, 4.69) is 5.32 Å². The molecule has 0 fully saturated rings. The topological polar surface area (TPSA) is 75.6 Å². The van der Waals surface area contributed by atoms with Gasteiger partial charge < -0.3 is 15.2 Å². The summed E-state index contributed by atoms with van der Waals surface area (Å²) < 4.78 is 5.00. The van der Waals surface area contributed by atoms with E-state index < -0.39 is 11.5 Å². The van der Waals surface area contributed by atoms with Crippen LogP contribution >= 0.6 is 0 Å². The van der Waals surface area contributed by atoms with Gasteiger partial charge in [0.1, 0.15) is 0 Å². The zero-order valence-electron chi connectivity index (χ0n) is 10.7. The fourth-order valence-electron chi connectivity index (χ4n) is 1.54. The van der Waals surface area contributed by atoms with Crippen LogP contribution in [-0.2, 0) is 4.74 Å². The molecule has 5 heteroatoms. The predicted octanol–water partition coefficient (Wildman–Crippen LogP) is 1.54. The number of methoxy groups -OCH3 is 1. The number of carbonyl (C=O) groups excluding carboxylic acids is 1. The highest BCUT2D eigenvalue weighted by Gasteiger charge is 2.21. The van der Waals surface area contributed by atoms with E-state index >= 15 is 0 Å². The maximum atomic E-state index is 11.9. The van der Waals surface area contributed by atoms with Crippen LogP contribution < -0.4 is 5.32 Å². The Kier molecular flexibility index (Phi) is 4.44. The van der Waals surface area contributed by atoms with Crippen LogP contribution in [-0.4, -0.2) is 36.2 Å². The van der Waals surface area contributed by atoms with Gasteiger partial charge >= 0.3 is 5.97 Å². The van der Waals surface area contributed by atoms with Crippen molar-refractivity contribution < 1.29 is 19.4 Å². The minimum atomic E-state index is -1.01. The Labute approximate surface area is 106 Å². The SMILES string of the molecule is COCC(C)(C)NC(=O)c1ccc(C(=O)O)cc1. The van der Waals surface area contributed by atoms with E-state index in [0.717, 1.165) is 0 Å².